The van der Waals surface area contributed by atoms with Crippen molar-refractivity contribution in [3.05, 3.63) is 12.3 Å². The Kier molecular flexibility index (Phi) is 3.00. The van der Waals surface area contributed by atoms with Gasteiger partial charge in [0, 0.05) is 38.9 Å². The molecule has 5 heteroatoms. The molecule has 0 unspecified atom stereocenters. The molecule has 0 aliphatic carbocycles. The smallest absolute Gasteiger partial charge is 0.145 e. The Bertz CT molecular complexity index is 276. The Hall–Kier alpha value is -1.07. The van der Waals surface area contributed by atoms with Crippen molar-refractivity contribution in [1.29, 1.82) is 0 Å². The topological polar surface area (TPSA) is 59.1 Å². The second-order valence-electron chi connectivity index (χ2n) is 3.60. The average molecular weight is 195 g/mol. The molecule has 1 aromatic heterocycles. The molecule has 0 saturated carbocycles. The summed E-state index contributed by atoms with van der Waals surface area (Å²) >= 11 is 0. The van der Waals surface area contributed by atoms with Crippen LogP contribution in [0.4, 0.5) is 5.82 Å². The Labute approximate surface area is 83.9 Å². The number of nitrogens with zero attached hydrogens (tertiary/aromatic N) is 3. The summed E-state index contributed by atoms with van der Waals surface area (Å²) in [7, 11) is 0. The van der Waals surface area contributed by atoms with E-state index in [2.05, 4.69) is 15.3 Å². The molecule has 1 saturated heterocycles. The zero-order valence-corrected chi connectivity index (χ0v) is 8.32. The van der Waals surface area contributed by atoms with Gasteiger partial charge in [-0.15, -0.1) is 0 Å². The van der Waals surface area contributed by atoms with Crippen molar-refractivity contribution in [1.82, 2.24) is 20.0 Å². The Morgan fingerprint density at radius 3 is 2.79 bits per heavy atom. The number of nitrogen functional groups attached to an aromatic ring is 1. The van der Waals surface area contributed by atoms with E-state index < -0.39 is 0 Å². The molecule has 3 N–H and O–H groups in total. The number of piperazine rings is 1. The first kappa shape index (κ1) is 9.48. The van der Waals surface area contributed by atoms with Gasteiger partial charge in [-0.05, 0) is 6.07 Å². The minimum atomic E-state index is 0.602. The summed E-state index contributed by atoms with van der Waals surface area (Å²) in [6.07, 6.45) is 1.93. The highest BCUT2D eigenvalue weighted by Crippen LogP contribution is 1.97. The van der Waals surface area contributed by atoms with E-state index in [4.69, 9.17) is 5.73 Å². The average Bonchev–Trinajstić information content (AvgIpc) is 2.63. The van der Waals surface area contributed by atoms with Crippen LogP contribution in [0.3, 0.4) is 0 Å². The fourth-order valence-corrected chi connectivity index (χ4v) is 1.68. The fourth-order valence-electron chi connectivity index (χ4n) is 1.68. The van der Waals surface area contributed by atoms with Crippen molar-refractivity contribution in [3.8, 4) is 0 Å². The van der Waals surface area contributed by atoms with Crippen molar-refractivity contribution in [3.63, 3.8) is 0 Å². The van der Waals surface area contributed by atoms with Gasteiger partial charge in [-0.25, -0.2) is 0 Å². The van der Waals surface area contributed by atoms with Gasteiger partial charge in [-0.2, -0.15) is 5.10 Å². The third-order valence-electron chi connectivity index (χ3n) is 2.52. The van der Waals surface area contributed by atoms with Gasteiger partial charge in [0.2, 0.25) is 0 Å². The molecule has 1 fully saturated rings. The lowest BCUT2D eigenvalue weighted by Gasteiger charge is -2.26. The van der Waals surface area contributed by atoms with Gasteiger partial charge in [0.1, 0.15) is 5.82 Å². The van der Waals surface area contributed by atoms with E-state index in [1.165, 1.54) is 0 Å². The van der Waals surface area contributed by atoms with Crippen LogP contribution in [-0.4, -0.2) is 47.4 Å². The molecular formula is C9H17N5. The van der Waals surface area contributed by atoms with Gasteiger partial charge in [0.25, 0.3) is 0 Å². The molecular weight excluding hydrogens is 178 g/mol. The molecule has 1 aromatic rings. The summed E-state index contributed by atoms with van der Waals surface area (Å²) in [5, 5.41) is 7.48. The second-order valence-corrected chi connectivity index (χ2v) is 3.60. The number of hydrogen-bond donors (Lipinski definition) is 2. The van der Waals surface area contributed by atoms with Crippen LogP contribution in [0.2, 0.25) is 0 Å². The highest BCUT2D eigenvalue weighted by Gasteiger charge is 2.08. The van der Waals surface area contributed by atoms with Crippen LogP contribution in [0.15, 0.2) is 12.3 Å². The van der Waals surface area contributed by atoms with Gasteiger partial charge in [-0.3, -0.25) is 9.58 Å². The molecule has 5 nitrogen and oxygen atoms in total. The fraction of sp³-hybridized carbons (Fsp3) is 0.667. The molecule has 2 heterocycles. The molecule has 14 heavy (non-hydrogen) atoms. The summed E-state index contributed by atoms with van der Waals surface area (Å²) in [5.41, 5.74) is 5.53. The Morgan fingerprint density at radius 2 is 2.14 bits per heavy atom. The predicted octanol–water partition coefficient (Wildman–Crippen LogP) is -0.629. The van der Waals surface area contributed by atoms with E-state index in [-0.39, 0.29) is 0 Å². The number of nitrogens with two attached hydrogens (primary N) is 1. The molecule has 0 amide bonds. The summed E-state index contributed by atoms with van der Waals surface area (Å²) in [6.45, 7) is 6.45. The molecule has 0 bridgehead atoms. The number of aromatic nitrogens is 2. The summed E-state index contributed by atoms with van der Waals surface area (Å²) < 4.78 is 1.90. The Morgan fingerprint density at radius 1 is 1.36 bits per heavy atom. The normalized spacial score (nSPS) is 18.6. The summed E-state index contributed by atoms with van der Waals surface area (Å²) in [6, 6.07) is 1.83. The van der Waals surface area contributed by atoms with E-state index in [0.717, 1.165) is 39.3 Å². The van der Waals surface area contributed by atoms with E-state index in [1.807, 2.05) is 16.9 Å². The van der Waals surface area contributed by atoms with Gasteiger partial charge in [0.15, 0.2) is 0 Å². The standard InChI is InChI=1S/C9H17N5/c10-9-1-4-14(12-9)8-7-13-5-2-11-3-6-13/h1,4,11H,2-3,5-8H2,(H2,10,12). The second kappa shape index (κ2) is 4.43. The molecule has 0 spiro atoms. The van der Waals surface area contributed by atoms with Gasteiger partial charge in [0.05, 0.1) is 6.54 Å². The van der Waals surface area contributed by atoms with Gasteiger partial charge >= 0.3 is 0 Å². The lowest BCUT2D eigenvalue weighted by atomic mass is 10.3. The van der Waals surface area contributed by atoms with Gasteiger partial charge in [-0.1, -0.05) is 0 Å². The largest absolute Gasteiger partial charge is 0.382 e. The zero-order valence-electron chi connectivity index (χ0n) is 8.32. The summed E-state index contributed by atoms with van der Waals surface area (Å²) in [5.74, 6) is 0.602. The molecule has 78 valence electrons. The van der Waals surface area contributed by atoms with Crippen molar-refractivity contribution >= 4 is 5.82 Å². The van der Waals surface area contributed by atoms with Crippen LogP contribution in [0.1, 0.15) is 0 Å². The number of hydrogen-bond acceptors (Lipinski definition) is 4. The lowest BCUT2D eigenvalue weighted by Crippen LogP contribution is -2.44. The molecule has 0 aromatic carbocycles. The first-order chi connectivity index (χ1) is 6.84. The minimum Gasteiger partial charge on any atom is -0.382 e. The molecule has 1 aliphatic heterocycles. The number of nitrogens with one attached hydrogen (secondary N) is 1. The predicted molar refractivity (Wildman–Crippen MR) is 55.9 cm³/mol. The maximum absolute atomic E-state index is 5.53. The van der Waals surface area contributed by atoms with Crippen LogP contribution in [0, 0.1) is 0 Å². The van der Waals surface area contributed by atoms with Crippen LogP contribution in [0.5, 0.6) is 0 Å². The molecule has 2 rings (SSSR count). The monoisotopic (exact) mass is 195 g/mol. The minimum absolute atomic E-state index is 0.602. The van der Waals surface area contributed by atoms with Crippen molar-refractivity contribution < 1.29 is 0 Å². The molecule has 1 aliphatic rings. The number of rotatable bonds is 3. The van der Waals surface area contributed by atoms with Crippen LogP contribution < -0.4 is 11.1 Å². The van der Waals surface area contributed by atoms with Gasteiger partial charge < -0.3 is 11.1 Å². The quantitative estimate of drug-likeness (QED) is 0.674. The first-order valence-electron chi connectivity index (χ1n) is 5.06. The van der Waals surface area contributed by atoms with Crippen LogP contribution in [-0.2, 0) is 6.54 Å². The Balaban J connectivity index is 1.76. The number of anilines is 1. The lowest BCUT2D eigenvalue weighted by molar-refractivity contribution is 0.229. The maximum Gasteiger partial charge on any atom is 0.145 e. The van der Waals surface area contributed by atoms with E-state index >= 15 is 0 Å². The molecule has 0 atom stereocenters. The SMILES string of the molecule is Nc1ccn(CCN2CCNCC2)n1. The van der Waals surface area contributed by atoms with Crippen LogP contribution in [0.25, 0.3) is 0 Å². The van der Waals surface area contributed by atoms with Crippen LogP contribution >= 0.6 is 0 Å². The zero-order chi connectivity index (χ0) is 9.80. The third kappa shape index (κ3) is 2.46. The first-order valence-corrected chi connectivity index (χ1v) is 5.06. The van der Waals surface area contributed by atoms with Crippen molar-refractivity contribution in [2.45, 2.75) is 6.54 Å². The van der Waals surface area contributed by atoms with E-state index in [0.29, 0.717) is 5.82 Å². The van der Waals surface area contributed by atoms with Crippen molar-refractivity contribution in [2.75, 3.05) is 38.5 Å². The molecule has 0 radical (unpaired) electrons. The summed E-state index contributed by atoms with van der Waals surface area (Å²) in [4.78, 5) is 2.44. The maximum atomic E-state index is 5.53. The van der Waals surface area contributed by atoms with E-state index in [1.54, 1.807) is 0 Å². The highest BCUT2D eigenvalue weighted by atomic mass is 15.3. The highest BCUT2D eigenvalue weighted by molar-refractivity contribution is 5.23. The van der Waals surface area contributed by atoms with E-state index in [9.17, 15) is 0 Å². The third-order valence-corrected chi connectivity index (χ3v) is 2.52. The van der Waals surface area contributed by atoms with Crippen molar-refractivity contribution in [2.24, 2.45) is 0 Å².